The van der Waals surface area contributed by atoms with Gasteiger partial charge in [0.1, 0.15) is 22.4 Å². The van der Waals surface area contributed by atoms with Crippen LogP contribution in [0.25, 0.3) is 23.0 Å². The zero-order valence-electron chi connectivity index (χ0n) is 21.2. The van der Waals surface area contributed by atoms with E-state index >= 15 is 0 Å². The number of para-hydroxylation sites is 1. The zero-order chi connectivity index (χ0) is 28.1. The molecule has 0 saturated carbocycles. The summed E-state index contributed by atoms with van der Waals surface area (Å²) in [6.45, 7) is 0.577. The molecule has 0 atom stereocenters. The number of halogens is 1. The molecule has 5 rings (SSSR count). The van der Waals surface area contributed by atoms with E-state index in [2.05, 4.69) is 0 Å². The first kappa shape index (κ1) is 27.6. The number of carboxylic acid groups (broad SMARTS) is 1. The van der Waals surface area contributed by atoms with Gasteiger partial charge in [-0.15, -0.1) is 0 Å². The van der Waals surface area contributed by atoms with Gasteiger partial charge in [0.05, 0.1) is 10.6 Å². The third-order valence-electron chi connectivity index (χ3n) is 6.16. The summed E-state index contributed by atoms with van der Waals surface area (Å²) < 4.78 is 8.22. The summed E-state index contributed by atoms with van der Waals surface area (Å²) in [5.74, 6) is -0.491. The normalized spacial score (nSPS) is 14.2. The predicted molar refractivity (Wildman–Crippen MR) is 162 cm³/mol. The lowest BCUT2D eigenvalue weighted by Gasteiger charge is -2.13. The predicted octanol–water partition coefficient (Wildman–Crippen LogP) is 6.84. The molecule has 202 valence electrons. The summed E-state index contributed by atoms with van der Waals surface area (Å²) >= 11 is 12.9. The van der Waals surface area contributed by atoms with Gasteiger partial charge in [-0.25, -0.2) is 4.68 Å². The van der Waals surface area contributed by atoms with Gasteiger partial charge in [-0.1, -0.05) is 84.1 Å². The van der Waals surface area contributed by atoms with E-state index in [0.717, 1.165) is 22.4 Å². The molecule has 1 aliphatic heterocycles. The quantitative estimate of drug-likeness (QED) is 0.160. The van der Waals surface area contributed by atoms with Crippen LogP contribution in [0.5, 0.6) is 5.75 Å². The smallest absolute Gasteiger partial charge is 0.303 e. The summed E-state index contributed by atoms with van der Waals surface area (Å²) in [5.41, 5.74) is 3.97. The maximum atomic E-state index is 13.2. The van der Waals surface area contributed by atoms with Gasteiger partial charge in [0.25, 0.3) is 5.91 Å². The lowest BCUT2D eigenvalue weighted by atomic mass is 10.1. The molecule has 2 heterocycles. The molecule has 1 fully saturated rings. The highest BCUT2D eigenvalue weighted by Gasteiger charge is 2.32. The van der Waals surface area contributed by atoms with E-state index in [9.17, 15) is 9.59 Å². The third kappa shape index (κ3) is 6.44. The van der Waals surface area contributed by atoms with Crippen molar-refractivity contribution in [2.75, 3.05) is 6.54 Å². The van der Waals surface area contributed by atoms with Crippen LogP contribution in [0.15, 0.2) is 90.0 Å². The number of aliphatic carboxylic acids is 1. The minimum atomic E-state index is -0.906. The van der Waals surface area contributed by atoms with Crippen LogP contribution in [-0.2, 0) is 16.2 Å². The van der Waals surface area contributed by atoms with E-state index in [1.165, 1.54) is 16.7 Å². The van der Waals surface area contributed by atoms with Crippen LogP contribution in [0.3, 0.4) is 0 Å². The zero-order valence-corrected chi connectivity index (χ0v) is 23.6. The maximum absolute atomic E-state index is 13.2. The molecule has 0 bridgehead atoms. The topological polar surface area (TPSA) is 84.7 Å². The minimum absolute atomic E-state index is 0.0288. The number of thioether (sulfide) groups is 1. The Morgan fingerprint density at radius 1 is 1.07 bits per heavy atom. The lowest BCUT2D eigenvalue weighted by Crippen LogP contribution is -2.29. The van der Waals surface area contributed by atoms with Crippen molar-refractivity contribution in [3.05, 3.63) is 106 Å². The fourth-order valence-corrected chi connectivity index (χ4v) is 5.65. The van der Waals surface area contributed by atoms with Crippen LogP contribution in [0.4, 0.5) is 0 Å². The molecule has 0 spiro atoms. The Bertz CT molecular complexity index is 1600. The van der Waals surface area contributed by atoms with Crippen molar-refractivity contribution in [1.82, 2.24) is 14.7 Å². The van der Waals surface area contributed by atoms with E-state index in [4.69, 9.17) is 38.8 Å². The largest absolute Gasteiger partial charge is 0.489 e. The highest BCUT2D eigenvalue weighted by Crippen LogP contribution is 2.35. The number of aromatic nitrogens is 2. The Morgan fingerprint density at radius 3 is 2.62 bits per heavy atom. The second-order valence-electron chi connectivity index (χ2n) is 8.95. The van der Waals surface area contributed by atoms with Gasteiger partial charge in [0.2, 0.25) is 0 Å². The lowest BCUT2D eigenvalue weighted by molar-refractivity contribution is -0.137. The standard InChI is InChI=1S/C30H24ClN3O4S2/c31-25-13-5-4-8-21(25)19-38-24-12-6-9-20(16-24)28-22(18-34(32-28)23-10-2-1-3-11-23)17-26-29(37)33(30(39)40-26)15-7-14-27(35)36/h1-6,8-13,16-18H,7,14-15,19H2,(H,35,36). The van der Waals surface area contributed by atoms with Gasteiger partial charge < -0.3 is 9.84 Å². The van der Waals surface area contributed by atoms with Gasteiger partial charge in [-0.2, -0.15) is 5.10 Å². The van der Waals surface area contributed by atoms with Gasteiger partial charge in [-0.05, 0) is 42.8 Å². The summed E-state index contributed by atoms with van der Waals surface area (Å²) in [6.07, 6.45) is 3.96. The van der Waals surface area contributed by atoms with Crippen molar-refractivity contribution in [2.45, 2.75) is 19.4 Å². The fourth-order valence-electron chi connectivity index (χ4n) is 4.16. The van der Waals surface area contributed by atoms with E-state index in [-0.39, 0.29) is 18.9 Å². The molecule has 4 aromatic rings. The molecule has 0 radical (unpaired) electrons. The molecule has 10 heteroatoms. The fraction of sp³-hybridized carbons (Fsp3) is 0.133. The highest BCUT2D eigenvalue weighted by molar-refractivity contribution is 8.26. The van der Waals surface area contributed by atoms with Crippen molar-refractivity contribution >= 4 is 57.9 Å². The Labute approximate surface area is 246 Å². The number of amides is 1. The highest BCUT2D eigenvalue weighted by atomic mass is 35.5. The van der Waals surface area contributed by atoms with E-state index in [0.29, 0.717) is 38.7 Å². The average molecular weight is 590 g/mol. The number of rotatable bonds is 10. The van der Waals surface area contributed by atoms with E-state index in [1.807, 2.05) is 85.1 Å². The average Bonchev–Trinajstić information content (AvgIpc) is 3.49. The number of ether oxygens (including phenoxy) is 1. The van der Waals surface area contributed by atoms with Crippen LogP contribution < -0.4 is 4.74 Å². The number of hydrogen-bond donors (Lipinski definition) is 1. The molecular formula is C30H24ClN3O4S2. The number of carbonyl (C=O) groups excluding carboxylic acids is 1. The number of thiocarbonyl (C=S) groups is 1. The van der Waals surface area contributed by atoms with Gasteiger partial charge in [0, 0.05) is 40.9 Å². The molecule has 3 aromatic carbocycles. The first-order chi connectivity index (χ1) is 19.4. The Balaban J connectivity index is 1.46. The summed E-state index contributed by atoms with van der Waals surface area (Å²) in [7, 11) is 0. The second kappa shape index (κ2) is 12.5. The summed E-state index contributed by atoms with van der Waals surface area (Å²) in [5, 5.41) is 14.5. The monoisotopic (exact) mass is 589 g/mol. The molecular weight excluding hydrogens is 566 g/mol. The third-order valence-corrected chi connectivity index (χ3v) is 7.90. The van der Waals surface area contributed by atoms with E-state index in [1.54, 1.807) is 10.8 Å². The molecule has 1 amide bonds. The number of benzene rings is 3. The first-order valence-electron chi connectivity index (χ1n) is 12.5. The van der Waals surface area contributed by atoms with Crippen LogP contribution in [0.1, 0.15) is 24.0 Å². The molecule has 1 aliphatic rings. The number of carboxylic acids is 1. The Hall–Kier alpha value is -3.92. The van der Waals surface area contributed by atoms with Crippen molar-refractivity contribution in [1.29, 1.82) is 0 Å². The van der Waals surface area contributed by atoms with Gasteiger partial charge in [0.15, 0.2) is 0 Å². The van der Waals surface area contributed by atoms with Gasteiger partial charge >= 0.3 is 5.97 Å². The van der Waals surface area contributed by atoms with Crippen LogP contribution in [0.2, 0.25) is 5.02 Å². The molecule has 1 saturated heterocycles. The van der Waals surface area contributed by atoms with Crippen LogP contribution >= 0.6 is 35.6 Å². The molecule has 1 N–H and O–H groups in total. The van der Waals surface area contributed by atoms with Crippen LogP contribution in [-0.4, -0.2) is 42.5 Å². The second-order valence-corrected chi connectivity index (χ2v) is 11.0. The SMILES string of the molecule is O=C(O)CCCN1C(=O)C(=Cc2cn(-c3ccccc3)nc2-c2cccc(OCc3ccccc3Cl)c2)SC1=S. The molecule has 7 nitrogen and oxygen atoms in total. The number of carbonyl (C=O) groups is 2. The summed E-state index contributed by atoms with van der Waals surface area (Å²) in [4.78, 5) is 26.0. The minimum Gasteiger partial charge on any atom is -0.489 e. The number of hydrogen-bond acceptors (Lipinski definition) is 6. The van der Waals surface area contributed by atoms with Gasteiger partial charge in [-0.3, -0.25) is 14.5 Å². The molecule has 0 unspecified atom stereocenters. The van der Waals surface area contributed by atoms with E-state index < -0.39 is 5.97 Å². The molecule has 40 heavy (non-hydrogen) atoms. The molecule has 1 aromatic heterocycles. The first-order valence-corrected chi connectivity index (χ1v) is 14.1. The molecule has 0 aliphatic carbocycles. The maximum Gasteiger partial charge on any atom is 0.303 e. The Morgan fingerprint density at radius 2 is 1.85 bits per heavy atom. The van der Waals surface area contributed by atoms with Crippen molar-refractivity contribution < 1.29 is 19.4 Å². The van der Waals surface area contributed by atoms with Crippen molar-refractivity contribution in [2.24, 2.45) is 0 Å². The Kier molecular flexibility index (Phi) is 8.64. The van der Waals surface area contributed by atoms with Crippen molar-refractivity contribution in [3.8, 4) is 22.7 Å². The summed E-state index contributed by atoms with van der Waals surface area (Å²) in [6, 6.07) is 24.8. The number of nitrogens with zero attached hydrogens (tertiary/aromatic N) is 3. The van der Waals surface area contributed by atoms with Crippen molar-refractivity contribution in [3.63, 3.8) is 0 Å². The van der Waals surface area contributed by atoms with Crippen LogP contribution in [0, 0.1) is 0 Å².